The Balaban J connectivity index is 0.000000260. The van der Waals surface area contributed by atoms with E-state index in [1.165, 1.54) is 69.0 Å². The van der Waals surface area contributed by atoms with E-state index in [0.29, 0.717) is 65.9 Å². The molecule has 3 N–H and O–H groups in total. The Morgan fingerprint density at radius 2 is 0.958 bits per heavy atom. The number of unbranched alkanes of at least 4 members (excludes halogenated alkanes) is 2. The predicted octanol–water partition coefficient (Wildman–Crippen LogP) is 17.8. The molecule has 0 aromatic heterocycles. The smallest absolute Gasteiger partial charge is 0.481 e. The van der Waals surface area contributed by atoms with E-state index in [2.05, 4.69) is 32.8 Å². The number of rotatable bonds is 28. The zero-order valence-corrected chi connectivity index (χ0v) is 67.3. The van der Waals surface area contributed by atoms with Crippen molar-refractivity contribution in [3.05, 3.63) is 108 Å². The molecule has 0 spiro atoms. The monoisotopic (exact) mass is 1670 g/mol. The van der Waals surface area contributed by atoms with E-state index in [-0.39, 0.29) is 146 Å². The molecule has 658 valence electrons. The second-order valence-electron chi connectivity index (χ2n) is 35.2. The molecule has 3 aliphatic heterocycles. The van der Waals surface area contributed by atoms with E-state index in [1.807, 2.05) is 86.7 Å². The number of carboxylic acid groups (broad SMARTS) is 1. The van der Waals surface area contributed by atoms with Crippen LogP contribution in [0.25, 0.3) is 10.4 Å². The summed E-state index contributed by atoms with van der Waals surface area (Å²) in [6, 6.07) is 18.0. The molecule has 6 amide bonds. The zero-order valence-electron chi connectivity index (χ0n) is 70.5. The van der Waals surface area contributed by atoms with Crippen molar-refractivity contribution in [2.75, 3.05) is 27.4 Å². The van der Waals surface area contributed by atoms with Crippen molar-refractivity contribution >= 4 is 78.3 Å². The van der Waals surface area contributed by atoms with Crippen LogP contribution in [0.2, 0.25) is 0 Å². The van der Waals surface area contributed by atoms with Crippen molar-refractivity contribution < 1.29 is 97.0 Å². The number of cyclic esters (lactones) is 2. The number of benzene rings is 2. The van der Waals surface area contributed by atoms with Crippen LogP contribution in [-0.4, -0.2) is 150 Å². The van der Waals surface area contributed by atoms with Crippen LogP contribution < -0.4 is 5.73 Å². The fraction of sp³-hybridized carbons (Fsp3) is 0.703. The van der Waals surface area contributed by atoms with E-state index < -0.39 is 54.0 Å². The van der Waals surface area contributed by atoms with Gasteiger partial charge >= 0.3 is 42.2 Å². The average molecular weight is 1670 g/mol. The first-order valence-corrected chi connectivity index (χ1v) is 41.9. The van der Waals surface area contributed by atoms with Crippen LogP contribution in [0.3, 0.4) is 0 Å². The lowest BCUT2D eigenvalue weighted by molar-refractivity contribution is -0.177. The van der Waals surface area contributed by atoms with Gasteiger partial charge in [-0.05, 0) is 278 Å². The van der Waals surface area contributed by atoms with Gasteiger partial charge < -0.3 is 39.3 Å². The molecule has 0 radical (unpaired) electrons. The number of ether oxygens (including phenoxy) is 6. The number of halogens is 1. The standard InChI is InChI=1S/C19H23NO3.C18H20N4O3.C18H26O4.C13H17NO5.C10H16O2.C9H15NO2.4CH4.ClH.2H2/c1-12(14-8-15-10-16(15)9-14)18(21)20-17(11-23-19(20)22)7-13-5-3-2-4-6-13;19-21-20-16(14-8-12-7-13(12)9-14)17(23)22-15(10-25-18(22)24)6-11-4-2-1-3-5-11;1-2-3-4-5-11-9-16(11)22-17(19)10-15(18(20)21)14-7-12-6-13(12)8-14;1-2-3-4-5-9-8-10(9)18-13(17)19-14-11(15)6-7-12(14)16;1-6(10(11)12-2)7-3-8-5-9(8)4-7;1-12-9(11)8(10)7-3-5-2-6(5)4-7;;;;;;;/h2-6,12,14-17H,7-11H2,1H3;1-5,12-16H,6-10H2;2,11-16H,1,3-10H2,(H,20,21);2,9-10H,1,3-8H2;6-9H,3-5H2,1-2H3;5-8H,2-4,10H2,1H3;4*1H4;3*1H/t12-,14?,15-,16+,17-;12-,13+,14?,15-,16-;11-,12-,13+,14?,15+,16-;9-,10-;6-,7?,8-,9+;5-,6+,7?,8-;;;;;;;/m001100......./s1/i;;;;;;;;;;;2*1+1D. The molecule has 118 heavy (non-hydrogen) atoms. The van der Waals surface area contributed by atoms with E-state index in [4.69, 9.17) is 40.9 Å². The number of nitrogens with zero attached hydrogens (tertiary/aromatic N) is 6. The number of carbonyl (C=O) groups excluding carboxylic acids is 10. The SMILES string of the molecule is C.C.C.C.C=CCCC[C@@H]1C[C@H]1OC(=O)C[C@H](C(=O)O)C1C[C@@H]2C[C@@H]2C1.C=CCCC[C@@H]1C[C@H]1OC(=O)ON1C(=O)CCC1=O.COC(=O)[C@@H](C)C1C[C@@H]2C[C@@H]2C1.COC(=O)[C@@H](N)C1C[C@@H]2C[C@@H]2C1.C[C@H](C(=O)N1C(=O)OC[C@@H]1Cc1ccccc1)C1C[C@@H]2C[C@@H]2C1.Cl.[2H][2H].[2H][2H].[N-]=[N+]=N[C@H](C(=O)N1C(=O)OC[C@@H]1Cc1ccccc1)C1C[C@@H]2C[C@@H]2C1. The first-order chi connectivity index (χ1) is 56.4. The molecule has 3 heterocycles. The summed E-state index contributed by atoms with van der Waals surface area (Å²) in [4.78, 5) is 140. The topological polar surface area (TPSA) is 357 Å². The molecule has 27 heteroatoms. The number of azide groups is 1. The van der Waals surface area contributed by atoms with Gasteiger partial charge in [-0.1, -0.05) is 127 Å². The van der Waals surface area contributed by atoms with Crippen LogP contribution in [0, 0.1) is 118 Å². The highest BCUT2D eigenvalue weighted by atomic mass is 35.5. The number of carbonyl (C=O) groups is 11. The molecular weight excluding hydrogens is 1530 g/mol. The summed E-state index contributed by atoms with van der Waals surface area (Å²) in [5.41, 5.74) is 16.8. The van der Waals surface area contributed by atoms with E-state index in [9.17, 15) is 57.8 Å². The quantitative estimate of drug-likeness (QED) is 0.0117. The van der Waals surface area contributed by atoms with Gasteiger partial charge in [0.2, 0.25) is 11.8 Å². The molecule has 26 atom stereocenters. The number of allylic oxidation sites excluding steroid dienone is 2. The Kier molecular flexibility index (Phi) is 35.1. The molecule has 26 nitrogen and oxygen atoms in total. The van der Waals surface area contributed by atoms with Crippen molar-refractivity contribution in [2.24, 2.45) is 129 Å². The third-order valence-corrected chi connectivity index (χ3v) is 27.3. The number of nitrogens with two attached hydrogens (primary N) is 1. The maximum atomic E-state index is 13.0. The number of imide groups is 3. The summed E-state index contributed by atoms with van der Waals surface area (Å²) in [5.74, 6) is 7.31. The number of hydroxylamine groups is 2. The minimum Gasteiger partial charge on any atom is -0.481 e. The summed E-state index contributed by atoms with van der Waals surface area (Å²) in [7, 11) is 2.88. The van der Waals surface area contributed by atoms with Gasteiger partial charge in [-0.25, -0.2) is 24.2 Å². The summed E-state index contributed by atoms with van der Waals surface area (Å²) >= 11 is 0. The van der Waals surface area contributed by atoms with Crippen LogP contribution in [0.15, 0.2) is 91.1 Å². The molecule has 2 aromatic carbocycles. The van der Waals surface area contributed by atoms with Crippen molar-refractivity contribution in [2.45, 2.75) is 260 Å². The Hall–Kier alpha value is -8.35. The van der Waals surface area contributed by atoms with Gasteiger partial charge in [-0.2, -0.15) is 0 Å². The van der Waals surface area contributed by atoms with Crippen molar-refractivity contribution in [3.8, 4) is 0 Å². The lowest BCUT2D eigenvalue weighted by atomic mass is 9.86. The molecule has 17 rings (SSSR count). The van der Waals surface area contributed by atoms with Crippen molar-refractivity contribution in [1.29, 1.82) is 0 Å². The third-order valence-electron chi connectivity index (χ3n) is 27.3. The minimum atomic E-state index is -0.972. The minimum absolute atomic E-state index is 0. The first-order valence-electron chi connectivity index (χ1n) is 43.9. The van der Waals surface area contributed by atoms with Gasteiger partial charge in [0.25, 0.3) is 11.8 Å². The number of methoxy groups -OCH3 is 2. The molecule has 15 fully saturated rings. The average Bonchev–Trinajstić information content (AvgIpc) is 1.62. The Morgan fingerprint density at radius 3 is 1.36 bits per heavy atom. The molecule has 0 bridgehead atoms. The van der Waals surface area contributed by atoms with Gasteiger partial charge in [0.15, 0.2) is 0 Å². The Labute approximate surface area is 710 Å². The predicted molar refractivity (Wildman–Crippen MR) is 450 cm³/mol. The highest BCUT2D eigenvalue weighted by Gasteiger charge is 2.55. The fourth-order valence-corrected chi connectivity index (χ4v) is 19.8. The zero-order chi connectivity index (χ0) is 84.3. The summed E-state index contributed by atoms with van der Waals surface area (Å²) < 4.78 is 50.1. The van der Waals surface area contributed by atoms with Gasteiger partial charge in [-0.15, -0.1) is 25.6 Å². The number of fused-ring (bicyclic) bond motifs is 5. The highest BCUT2D eigenvalue weighted by Crippen LogP contribution is 2.60. The third kappa shape index (κ3) is 25.8. The van der Waals surface area contributed by atoms with E-state index >= 15 is 0 Å². The second-order valence-corrected chi connectivity index (χ2v) is 35.2. The maximum absolute atomic E-state index is 13.0. The largest absolute Gasteiger partial charge is 0.534 e. The van der Waals surface area contributed by atoms with Crippen molar-refractivity contribution in [1.82, 2.24) is 14.9 Å². The van der Waals surface area contributed by atoms with Crippen LogP contribution >= 0.6 is 12.4 Å². The molecular formula is C91H138ClN7O19. The maximum Gasteiger partial charge on any atom is 0.534 e. The van der Waals surface area contributed by atoms with E-state index in [0.717, 1.165) is 161 Å². The summed E-state index contributed by atoms with van der Waals surface area (Å²) in [6.45, 7) is 11.8. The number of carboxylic acids is 1. The number of hydrogen-bond donors (Lipinski definition) is 2. The van der Waals surface area contributed by atoms with Gasteiger partial charge in [-0.3, -0.25) is 43.2 Å². The molecule has 3 saturated heterocycles. The molecule has 12 saturated carbocycles. The van der Waals surface area contributed by atoms with Crippen LogP contribution in [0.1, 0.15) is 228 Å². The van der Waals surface area contributed by atoms with Gasteiger partial charge in [0, 0.05) is 29.6 Å². The van der Waals surface area contributed by atoms with Crippen molar-refractivity contribution in [3.63, 3.8) is 0 Å². The number of amides is 6. The number of aliphatic carboxylic acids is 1. The second kappa shape index (κ2) is 44.3. The molecule has 2 aromatic rings. The molecule has 15 aliphatic rings. The van der Waals surface area contributed by atoms with Crippen LogP contribution in [-0.2, 0) is 84.5 Å². The Bertz CT molecular complexity index is 3740. The fourth-order valence-electron chi connectivity index (χ4n) is 19.8. The number of hydrogen-bond acceptors (Lipinski definition) is 20. The lowest BCUT2D eigenvalue weighted by Crippen LogP contribution is -2.47. The summed E-state index contributed by atoms with van der Waals surface area (Å²) in [5, 5.41) is 13.7. The normalized spacial score (nSPS) is 32.2. The number of esters is 3. The van der Waals surface area contributed by atoms with Crippen LogP contribution in [0.5, 0.6) is 0 Å². The highest BCUT2D eigenvalue weighted by molar-refractivity contribution is 6.01. The lowest BCUT2D eigenvalue weighted by Gasteiger charge is -2.26. The molecule has 12 aliphatic carbocycles. The van der Waals surface area contributed by atoms with E-state index in [1.54, 1.807) is 0 Å². The van der Waals surface area contributed by atoms with Gasteiger partial charge in [0.05, 0.1) is 44.6 Å². The van der Waals surface area contributed by atoms with Gasteiger partial charge in [0.1, 0.15) is 37.5 Å². The summed E-state index contributed by atoms with van der Waals surface area (Å²) in [6.07, 6.45) is 28.4. The van der Waals surface area contributed by atoms with Crippen LogP contribution in [0.4, 0.5) is 14.4 Å². The Morgan fingerprint density at radius 1 is 0.568 bits per heavy atom. The molecule has 5 unspecified atom stereocenters. The first kappa shape index (κ1) is 93.5.